The molecule has 0 saturated carbocycles. The smallest absolute Gasteiger partial charge is 0.296 e. The minimum atomic E-state index is -0.799. The van der Waals surface area contributed by atoms with E-state index in [4.69, 9.17) is 39.5 Å². The van der Waals surface area contributed by atoms with Gasteiger partial charge in [-0.3, -0.25) is 9.59 Å². The van der Waals surface area contributed by atoms with E-state index >= 15 is 0 Å². The van der Waals surface area contributed by atoms with E-state index in [1.165, 1.54) is 0 Å². The monoisotopic (exact) mass is 500 g/mol. The first-order chi connectivity index (χ1) is 15.9. The van der Waals surface area contributed by atoms with E-state index < -0.39 is 11.7 Å². The standard InChI is InChI=1S/C25H19Cl3N2O3/c1-2-33-19-11-12-21-20(13-19)22(23(31)25(32)29-18-9-7-17(27)8-10-18)24(28)30(21)14-15-3-5-16(26)6-4-15/h3-13H,2,14H2,1H3,(H,29,32). The van der Waals surface area contributed by atoms with Crippen LogP contribution in [0.4, 0.5) is 5.69 Å². The zero-order valence-corrected chi connectivity index (χ0v) is 19.8. The first-order valence-corrected chi connectivity index (χ1v) is 11.3. The Bertz CT molecular complexity index is 1330. The van der Waals surface area contributed by atoms with Gasteiger partial charge in [-0.05, 0) is 67.1 Å². The number of Topliss-reactive ketones (excluding diaryl/α,β-unsaturated/α-hetero) is 1. The zero-order valence-electron chi connectivity index (χ0n) is 17.6. The molecule has 0 aliphatic carbocycles. The van der Waals surface area contributed by atoms with Gasteiger partial charge in [-0.25, -0.2) is 0 Å². The van der Waals surface area contributed by atoms with Crippen molar-refractivity contribution in [2.24, 2.45) is 0 Å². The highest BCUT2D eigenvalue weighted by Crippen LogP contribution is 2.34. The van der Waals surface area contributed by atoms with Crippen LogP contribution in [-0.2, 0) is 11.3 Å². The summed E-state index contributed by atoms with van der Waals surface area (Å²) in [4.78, 5) is 26.0. The molecule has 0 radical (unpaired) electrons. The summed E-state index contributed by atoms with van der Waals surface area (Å²) >= 11 is 18.6. The maximum Gasteiger partial charge on any atom is 0.296 e. The Morgan fingerprint density at radius 2 is 1.55 bits per heavy atom. The number of ether oxygens (including phenoxy) is 1. The minimum Gasteiger partial charge on any atom is -0.494 e. The van der Waals surface area contributed by atoms with Crippen LogP contribution in [0.3, 0.4) is 0 Å². The molecule has 0 aliphatic heterocycles. The van der Waals surface area contributed by atoms with Crippen LogP contribution in [0.1, 0.15) is 22.8 Å². The van der Waals surface area contributed by atoms with Crippen LogP contribution in [0, 0.1) is 0 Å². The maximum atomic E-state index is 13.2. The van der Waals surface area contributed by atoms with Gasteiger partial charge in [0, 0.05) is 27.7 Å². The molecule has 3 aromatic carbocycles. The lowest BCUT2D eigenvalue weighted by atomic mass is 10.1. The molecule has 5 nitrogen and oxygen atoms in total. The van der Waals surface area contributed by atoms with Crippen molar-refractivity contribution >= 4 is 63.1 Å². The summed E-state index contributed by atoms with van der Waals surface area (Å²) in [6, 6.07) is 19.2. The molecule has 0 atom stereocenters. The summed E-state index contributed by atoms with van der Waals surface area (Å²) in [6.45, 7) is 2.73. The van der Waals surface area contributed by atoms with Crippen molar-refractivity contribution in [3.8, 4) is 5.75 Å². The number of aromatic nitrogens is 1. The largest absolute Gasteiger partial charge is 0.494 e. The first-order valence-electron chi connectivity index (χ1n) is 10.2. The van der Waals surface area contributed by atoms with E-state index in [0.29, 0.717) is 45.5 Å². The van der Waals surface area contributed by atoms with Crippen molar-refractivity contribution < 1.29 is 14.3 Å². The van der Waals surface area contributed by atoms with Gasteiger partial charge in [0.1, 0.15) is 10.9 Å². The Hall–Kier alpha value is -2.99. The highest BCUT2D eigenvalue weighted by molar-refractivity contribution is 6.52. The highest BCUT2D eigenvalue weighted by atomic mass is 35.5. The van der Waals surface area contributed by atoms with Crippen LogP contribution in [0.5, 0.6) is 5.75 Å². The molecule has 1 N–H and O–H groups in total. The predicted molar refractivity (Wildman–Crippen MR) is 133 cm³/mol. The van der Waals surface area contributed by atoms with Gasteiger partial charge in [-0.1, -0.05) is 46.9 Å². The maximum absolute atomic E-state index is 13.2. The van der Waals surface area contributed by atoms with Gasteiger partial charge in [0.15, 0.2) is 0 Å². The lowest BCUT2D eigenvalue weighted by molar-refractivity contribution is -0.112. The van der Waals surface area contributed by atoms with E-state index in [9.17, 15) is 9.59 Å². The van der Waals surface area contributed by atoms with Gasteiger partial charge in [0.05, 0.1) is 17.7 Å². The fourth-order valence-electron chi connectivity index (χ4n) is 3.54. The second kappa shape index (κ2) is 9.87. The van der Waals surface area contributed by atoms with Gasteiger partial charge >= 0.3 is 0 Å². The number of fused-ring (bicyclic) bond motifs is 1. The number of hydrogen-bond donors (Lipinski definition) is 1. The Morgan fingerprint density at radius 1 is 0.909 bits per heavy atom. The number of carbonyl (C=O) groups excluding carboxylic acids is 2. The summed E-state index contributed by atoms with van der Waals surface area (Å²) in [7, 11) is 0. The van der Waals surface area contributed by atoms with Crippen molar-refractivity contribution in [2.75, 3.05) is 11.9 Å². The normalized spacial score (nSPS) is 10.9. The average molecular weight is 502 g/mol. The number of nitrogens with zero attached hydrogens (tertiary/aromatic N) is 1. The van der Waals surface area contributed by atoms with Crippen molar-refractivity contribution in [3.63, 3.8) is 0 Å². The van der Waals surface area contributed by atoms with Crippen molar-refractivity contribution in [2.45, 2.75) is 13.5 Å². The summed E-state index contributed by atoms with van der Waals surface area (Å²) in [5.41, 5.74) is 2.22. The molecule has 4 rings (SSSR count). The molecule has 0 saturated heterocycles. The van der Waals surface area contributed by atoms with Crippen molar-refractivity contribution in [3.05, 3.63) is 93.1 Å². The minimum absolute atomic E-state index is 0.119. The van der Waals surface area contributed by atoms with E-state index in [1.807, 2.05) is 31.2 Å². The fraction of sp³-hybridized carbons (Fsp3) is 0.120. The second-order valence-corrected chi connectivity index (χ2v) is 8.51. The lowest BCUT2D eigenvalue weighted by Gasteiger charge is -2.08. The molecular formula is C25H19Cl3N2O3. The molecule has 0 aliphatic rings. The van der Waals surface area contributed by atoms with Crippen LogP contribution in [0.15, 0.2) is 66.7 Å². The van der Waals surface area contributed by atoms with Gasteiger partial charge in [-0.15, -0.1) is 0 Å². The van der Waals surface area contributed by atoms with Gasteiger partial charge < -0.3 is 14.6 Å². The molecule has 1 aromatic heterocycles. The molecule has 4 aromatic rings. The van der Waals surface area contributed by atoms with Gasteiger partial charge in [-0.2, -0.15) is 0 Å². The third-order valence-corrected chi connectivity index (χ3v) is 5.97. The molecule has 0 unspecified atom stereocenters. The topological polar surface area (TPSA) is 60.3 Å². The van der Waals surface area contributed by atoms with Gasteiger partial charge in [0.25, 0.3) is 11.7 Å². The number of hydrogen-bond acceptors (Lipinski definition) is 3. The van der Waals surface area contributed by atoms with E-state index in [1.54, 1.807) is 47.0 Å². The lowest BCUT2D eigenvalue weighted by Crippen LogP contribution is -2.23. The molecule has 0 spiro atoms. The summed E-state index contributed by atoms with van der Waals surface area (Å²) in [5, 5.41) is 4.46. The Balaban J connectivity index is 1.76. The molecular weight excluding hydrogens is 483 g/mol. The first kappa shape index (κ1) is 23.2. The molecule has 168 valence electrons. The Labute approximate surface area is 205 Å². The van der Waals surface area contributed by atoms with Crippen molar-refractivity contribution in [1.82, 2.24) is 4.57 Å². The molecule has 0 fully saturated rings. The molecule has 1 heterocycles. The molecule has 8 heteroatoms. The van der Waals surface area contributed by atoms with E-state index in [-0.39, 0.29) is 10.7 Å². The summed E-state index contributed by atoms with van der Waals surface area (Å²) in [6.07, 6.45) is 0. The third kappa shape index (κ3) is 5.01. The van der Waals surface area contributed by atoms with Crippen LogP contribution in [-0.4, -0.2) is 22.9 Å². The number of rotatable bonds is 7. The quantitative estimate of drug-likeness (QED) is 0.222. The zero-order chi connectivity index (χ0) is 23.5. The van der Waals surface area contributed by atoms with E-state index in [0.717, 1.165) is 5.56 Å². The highest BCUT2D eigenvalue weighted by Gasteiger charge is 2.27. The summed E-state index contributed by atoms with van der Waals surface area (Å²) in [5.74, 6) is -0.965. The molecule has 33 heavy (non-hydrogen) atoms. The SMILES string of the molecule is CCOc1ccc2c(c1)c(C(=O)C(=O)Nc1ccc(Cl)cc1)c(Cl)n2Cc1ccc(Cl)cc1. The van der Waals surface area contributed by atoms with Crippen molar-refractivity contribution in [1.29, 1.82) is 0 Å². The fourth-order valence-corrected chi connectivity index (χ4v) is 4.13. The molecule has 1 amide bonds. The third-order valence-electron chi connectivity index (χ3n) is 5.07. The number of halogens is 3. The Kier molecular flexibility index (Phi) is 6.94. The average Bonchev–Trinajstić information content (AvgIpc) is 3.07. The number of carbonyl (C=O) groups is 2. The Morgan fingerprint density at radius 3 is 2.18 bits per heavy atom. The predicted octanol–water partition coefficient (Wildman–Crippen LogP) is 6.87. The van der Waals surface area contributed by atoms with Crippen LogP contribution < -0.4 is 10.1 Å². The number of nitrogens with one attached hydrogen (secondary N) is 1. The number of anilines is 1. The molecule has 0 bridgehead atoms. The summed E-state index contributed by atoms with van der Waals surface area (Å²) < 4.78 is 7.40. The number of benzene rings is 3. The number of amides is 1. The van der Waals surface area contributed by atoms with Crippen LogP contribution in [0.2, 0.25) is 15.2 Å². The van der Waals surface area contributed by atoms with Crippen LogP contribution >= 0.6 is 34.8 Å². The van der Waals surface area contributed by atoms with E-state index in [2.05, 4.69) is 5.32 Å². The van der Waals surface area contributed by atoms with Crippen LogP contribution in [0.25, 0.3) is 10.9 Å². The number of ketones is 1. The van der Waals surface area contributed by atoms with Gasteiger partial charge in [0.2, 0.25) is 0 Å². The second-order valence-electron chi connectivity index (χ2n) is 7.28.